The number of carbonyl (C=O) groups is 1. The molecule has 5 nitrogen and oxygen atoms in total. The first kappa shape index (κ1) is 27.0. The van der Waals surface area contributed by atoms with Crippen LogP contribution in [0, 0.1) is 0 Å². The summed E-state index contributed by atoms with van der Waals surface area (Å²) in [6.45, 7) is 1.36. The van der Waals surface area contributed by atoms with Gasteiger partial charge in [-0.15, -0.1) is 0 Å². The summed E-state index contributed by atoms with van der Waals surface area (Å²) in [5, 5.41) is 0. The van der Waals surface area contributed by atoms with Crippen molar-refractivity contribution in [2.45, 2.75) is 69.0 Å². The summed E-state index contributed by atoms with van der Waals surface area (Å²) in [6, 6.07) is 0. The van der Waals surface area contributed by atoms with Gasteiger partial charge in [0.1, 0.15) is 13.2 Å². The molecule has 2 heterocycles. The fraction of sp³-hybridized carbons (Fsp3) is 0.737. The van der Waals surface area contributed by atoms with Crippen LogP contribution in [0.15, 0.2) is 12.4 Å². The Morgan fingerprint density at radius 3 is 1.94 bits per heavy atom. The van der Waals surface area contributed by atoms with Gasteiger partial charge in [-0.2, -0.15) is 39.5 Å². The second-order valence-corrected chi connectivity index (χ2v) is 7.41. The molecule has 0 fully saturated rings. The maximum absolute atomic E-state index is 13.4. The number of nitrogens with zero attached hydrogens (tertiary/aromatic N) is 1. The van der Waals surface area contributed by atoms with E-state index in [0.29, 0.717) is 50.5 Å². The quantitative estimate of drug-likeness (QED) is 0.213. The smallest absolute Gasteiger partial charge is 0.460 e. The Bertz CT molecular complexity index is 769. The summed E-state index contributed by atoms with van der Waals surface area (Å²) in [4.78, 5) is 11.4. The minimum absolute atomic E-state index is 0.237. The summed E-state index contributed by atoms with van der Waals surface area (Å²) in [5.74, 6) is -19.6. The third-order valence-electron chi connectivity index (χ3n) is 4.83. The maximum atomic E-state index is 13.4. The highest BCUT2D eigenvalue weighted by molar-refractivity contribution is 5.69. The first-order valence-corrected chi connectivity index (χ1v) is 10.0. The van der Waals surface area contributed by atoms with Crippen molar-refractivity contribution in [1.29, 1.82) is 0 Å². The van der Waals surface area contributed by atoms with Gasteiger partial charge in [-0.25, -0.2) is 0 Å². The highest BCUT2D eigenvalue weighted by Crippen LogP contribution is 2.54. The van der Waals surface area contributed by atoms with Crippen molar-refractivity contribution in [3.63, 3.8) is 0 Å². The second kappa shape index (κ2) is 10.3. The van der Waals surface area contributed by atoms with Crippen molar-refractivity contribution in [2.24, 2.45) is 0 Å². The molecule has 0 aliphatic carbocycles. The lowest BCUT2D eigenvalue weighted by Gasteiger charge is -2.33. The number of hydrogen-bond donors (Lipinski definition) is 0. The first-order valence-electron chi connectivity index (χ1n) is 10.0. The van der Waals surface area contributed by atoms with Gasteiger partial charge in [-0.05, 0) is 19.3 Å². The molecule has 1 aliphatic heterocycles. The fourth-order valence-electron chi connectivity index (χ4n) is 2.95. The maximum Gasteiger partial charge on any atom is 0.460 e. The normalized spacial score (nSPS) is 14.9. The van der Waals surface area contributed by atoms with Crippen molar-refractivity contribution in [1.82, 2.24) is 4.57 Å². The Hall–Kier alpha value is -2.28. The minimum atomic E-state index is -6.96. The highest BCUT2D eigenvalue weighted by atomic mass is 19.4. The number of fused-ring (bicyclic) bond motifs is 1. The van der Waals surface area contributed by atoms with Crippen LogP contribution in [0.25, 0.3) is 0 Å². The monoisotopic (exact) mass is 499 g/mol. The van der Waals surface area contributed by atoms with Gasteiger partial charge in [0.15, 0.2) is 11.5 Å². The van der Waals surface area contributed by atoms with Crippen LogP contribution in [0.4, 0.5) is 39.5 Å². The number of unbranched alkanes of at least 4 members (excludes halogenated alkanes) is 3. The average Bonchev–Trinajstić information content (AvgIpc) is 3.13. The van der Waals surface area contributed by atoms with Crippen molar-refractivity contribution in [3.8, 4) is 11.5 Å². The van der Waals surface area contributed by atoms with Crippen LogP contribution < -0.4 is 9.47 Å². The lowest BCUT2D eigenvalue weighted by Crippen LogP contribution is -2.60. The van der Waals surface area contributed by atoms with E-state index in [9.17, 15) is 44.3 Å². The van der Waals surface area contributed by atoms with Crippen molar-refractivity contribution >= 4 is 5.97 Å². The molecule has 0 saturated carbocycles. The SMILES string of the molecule is O=C(CCC(F)(F)C(F)(F)C(F)(F)C(F)(F)F)OCCCCCCn1cc2c(c1)OCCO2. The van der Waals surface area contributed by atoms with Gasteiger partial charge >= 0.3 is 29.9 Å². The van der Waals surface area contributed by atoms with Crippen LogP contribution in [-0.2, 0) is 16.1 Å². The van der Waals surface area contributed by atoms with Gasteiger partial charge < -0.3 is 18.8 Å². The van der Waals surface area contributed by atoms with E-state index in [4.69, 9.17) is 9.47 Å². The van der Waals surface area contributed by atoms with E-state index in [1.807, 2.05) is 4.57 Å². The second-order valence-electron chi connectivity index (χ2n) is 7.41. The number of rotatable bonds is 12. The molecule has 1 aliphatic rings. The zero-order valence-corrected chi connectivity index (χ0v) is 17.2. The average molecular weight is 499 g/mol. The lowest BCUT2D eigenvalue weighted by atomic mass is 10.00. The predicted molar refractivity (Wildman–Crippen MR) is 95.0 cm³/mol. The molecule has 0 spiro atoms. The van der Waals surface area contributed by atoms with Gasteiger partial charge in [0.05, 0.1) is 13.0 Å². The number of aryl methyl sites for hydroxylation is 1. The molecule has 1 aromatic heterocycles. The number of carbonyl (C=O) groups excluding carboxylic acids is 1. The zero-order valence-electron chi connectivity index (χ0n) is 17.2. The fourth-order valence-corrected chi connectivity index (χ4v) is 2.95. The molecule has 0 amide bonds. The van der Waals surface area contributed by atoms with Gasteiger partial charge in [0.2, 0.25) is 0 Å². The number of alkyl halides is 9. The van der Waals surface area contributed by atoms with E-state index in [1.54, 1.807) is 12.4 Å². The summed E-state index contributed by atoms with van der Waals surface area (Å²) in [5.41, 5.74) is 0. The molecule has 0 N–H and O–H groups in total. The van der Waals surface area contributed by atoms with Gasteiger partial charge in [-0.1, -0.05) is 6.42 Å². The van der Waals surface area contributed by atoms with Crippen LogP contribution in [0.3, 0.4) is 0 Å². The molecule has 1 aromatic rings. The molecule has 0 aromatic carbocycles. The van der Waals surface area contributed by atoms with E-state index < -0.39 is 42.8 Å². The van der Waals surface area contributed by atoms with Crippen LogP contribution in [0.2, 0.25) is 0 Å². The molecule has 0 radical (unpaired) electrons. The van der Waals surface area contributed by atoms with Gasteiger partial charge in [0, 0.05) is 25.4 Å². The molecular formula is C19H22F9NO4. The molecule has 0 saturated heterocycles. The number of halogens is 9. The third kappa shape index (κ3) is 6.40. The standard InChI is InChI=1S/C19H22F9NO4/c20-16(21,17(22,23)18(24,25)19(26,27)28)6-5-15(30)33-8-4-2-1-3-7-29-11-13-14(12-29)32-10-9-31-13/h11-12H,1-10H2. The van der Waals surface area contributed by atoms with Crippen molar-refractivity contribution in [3.05, 3.63) is 12.4 Å². The Labute approximate surface area is 182 Å². The first-order chi connectivity index (χ1) is 15.2. The van der Waals surface area contributed by atoms with Gasteiger partial charge in [0.25, 0.3) is 0 Å². The Kier molecular flexibility index (Phi) is 8.44. The molecule has 0 unspecified atom stereocenters. The molecule has 2 rings (SSSR count). The van der Waals surface area contributed by atoms with E-state index >= 15 is 0 Å². The molecule has 14 heteroatoms. The van der Waals surface area contributed by atoms with E-state index in [-0.39, 0.29) is 6.61 Å². The van der Waals surface area contributed by atoms with Crippen molar-refractivity contribution < 1.29 is 58.5 Å². The minimum Gasteiger partial charge on any atom is -0.485 e. The topological polar surface area (TPSA) is 49.7 Å². The molecule has 0 atom stereocenters. The van der Waals surface area contributed by atoms with E-state index in [1.165, 1.54) is 0 Å². The van der Waals surface area contributed by atoms with Crippen LogP contribution in [0.1, 0.15) is 38.5 Å². The summed E-state index contributed by atoms with van der Waals surface area (Å²) in [7, 11) is 0. The van der Waals surface area contributed by atoms with E-state index in [2.05, 4.69) is 4.74 Å². The zero-order chi connectivity index (χ0) is 24.9. The van der Waals surface area contributed by atoms with Gasteiger partial charge in [-0.3, -0.25) is 4.79 Å². The van der Waals surface area contributed by atoms with E-state index in [0.717, 1.165) is 6.42 Å². The molecular weight excluding hydrogens is 477 g/mol. The van der Waals surface area contributed by atoms with Crippen molar-refractivity contribution in [2.75, 3.05) is 19.8 Å². The lowest BCUT2D eigenvalue weighted by molar-refractivity contribution is -0.396. The highest BCUT2D eigenvalue weighted by Gasteiger charge is 2.81. The molecule has 33 heavy (non-hydrogen) atoms. The Balaban J connectivity index is 1.63. The largest absolute Gasteiger partial charge is 0.485 e. The Morgan fingerprint density at radius 1 is 0.848 bits per heavy atom. The number of aromatic nitrogens is 1. The molecule has 190 valence electrons. The third-order valence-corrected chi connectivity index (χ3v) is 4.83. The number of hydrogen-bond acceptors (Lipinski definition) is 4. The molecule has 0 bridgehead atoms. The Morgan fingerprint density at radius 2 is 1.39 bits per heavy atom. The number of ether oxygens (including phenoxy) is 3. The van der Waals surface area contributed by atoms with Crippen LogP contribution in [-0.4, -0.2) is 54.3 Å². The summed E-state index contributed by atoms with van der Waals surface area (Å²) in [6.07, 6.45) is -4.62. The number of esters is 1. The van der Waals surface area contributed by atoms with Crippen LogP contribution >= 0.6 is 0 Å². The summed E-state index contributed by atoms with van der Waals surface area (Å²) >= 11 is 0. The summed E-state index contributed by atoms with van der Waals surface area (Å²) < 4.78 is 132. The van der Waals surface area contributed by atoms with Crippen LogP contribution in [0.5, 0.6) is 11.5 Å². The predicted octanol–water partition coefficient (Wildman–Crippen LogP) is 5.61.